The van der Waals surface area contributed by atoms with E-state index < -0.39 is 0 Å². The molecule has 0 unspecified atom stereocenters. The zero-order chi connectivity index (χ0) is 13.8. The van der Waals surface area contributed by atoms with E-state index >= 15 is 0 Å². The van der Waals surface area contributed by atoms with Gasteiger partial charge in [-0.2, -0.15) is 9.97 Å². The minimum Gasteiger partial charge on any atom is -0.396 e. The van der Waals surface area contributed by atoms with Crippen LogP contribution in [0.3, 0.4) is 0 Å². The second kappa shape index (κ2) is 5.85. The molecule has 1 heterocycles. The van der Waals surface area contributed by atoms with Crippen molar-refractivity contribution in [3.05, 3.63) is 18.2 Å². The van der Waals surface area contributed by atoms with E-state index in [2.05, 4.69) is 15.3 Å². The number of halogens is 1. The van der Waals surface area contributed by atoms with Crippen molar-refractivity contribution in [3.63, 3.8) is 0 Å². The van der Waals surface area contributed by atoms with Crippen molar-refractivity contribution < 1.29 is 9.90 Å². The molecule has 19 heavy (non-hydrogen) atoms. The highest BCUT2D eigenvalue weighted by molar-refractivity contribution is 6.32. The van der Waals surface area contributed by atoms with Crippen molar-refractivity contribution in [2.45, 2.75) is 12.5 Å². The number of aliphatic hydroxyl groups is 1. The van der Waals surface area contributed by atoms with E-state index in [-0.39, 0.29) is 30.3 Å². The SMILES string of the molecule is Nc1nc(N[C@H]2C=C[C@@H](CO)C2)cc(N(Cl)C=O)n1. The zero-order valence-electron chi connectivity index (χ0n) is 10.0. The van der Waals surface area contributed by atoms with E-state index in [0.29, 0.717) is 12.2 Å². The first-order valence-corrected chi connectivity index (χ1v) is 6.06. The van der Waals surface area contributed by atoms with Crippen molar-refractivity contribution in [2.24, 2.45) is 5.92 Å². The highest BCUT2D eigenvalue weighted by Gasteiger charge is 2.19. The predicted molar refractivity (Wildman–Crippen MR) is 72.6 cm³/mol. The van der Waals surface area contributed by atoms with Crippen LogP contribution in [0.15, 0.2) is 18.2 Å². The van der Waals surface area contributed by atoms with E-state index in [1.165, 1.54) is 6.07 Å². The second-order valence-corrected chi connectivity index (χ2v) is 4.56. The fourth-order valence-corrected chi connectivity index (χ4v) is 1.98. The fraction of sp³-hybridized carbons (Fsp3) is 0.364. The molecule has 2 rings (SSSR count). The minimum atomic E-state index is 0.0215. The summed E-state index contributed by atoms with van der Waals surface area (Å²) in [5.74, 6) is 0.847. The Labute approximate surface area is 115 Å². The topological polar surface area (TPSA) is 104 Å². The van der Waals surface area contributed by atoms with Gasteiger partial charge in [0.1, 0.15) is 5.82 Å². The molecule has 4 N–H and O–H groups in total. The number of carbonyl (C=O) groups is 1. The number of aromatic nitrogens is 2. The molecule has 0 saturated carbocycles. The summed E-state index contributed by atoms with van der Waals surface area (Å²) in [5.41, 5.74) is 5.56. The molecule has 0 saturated heterocycles. The number of aliphatic hydroxyl groups excluding tert-OH is 1. The van der Waals surface area contributed by atoms with Crippen LogP contribution >= 0.6 is 11.8 Å². The van der Waals surface area contributed by atoms with E-state index in [9.17, 15) is 4.79 Å². The Hall–Kier alpha value is -1.86. The number of nitrogens with two attached hydrogens (primary N) is 1. The van der Waals surface area contributed by atoms with Crippen LogP contribution in [0.25, 0.3) is 0 Å². The monoisotopic (exact) mass is 283 g/mol. The van der Waals surface area contributed by atoms with Gasteiger partial charge in [0, 0.05) is 36.4 Å². The zero-order valence-corrected chi connectivity index (χ0v) is 10.8. The summed E-state index contributed by atoms with van der Waals surface area (Å²) in [7, 11) is 0. The number of nitrogens with one attached hydrogen (secondary N) is 1. The van der Waals surface area contributed by atoms with Gasteiger partial charge in [0.25, 0.3) is 0 Å². The smallest absolute Gasteiger partial charge is 0.230 e. The lowest BCUT2D eigenvalue weighted by Gasteiger charge is -2.15. The maximum atomic E-state index is 10.6. The van der Waals surface area contributed by atoms with E-state index in [0.717, 1.165) is 10.8 Å². The summed E-state index contributed by atoms with van der Waals surface area (Å²) in [6.07, 6.45) is 5.10. The lowest BCUT2D eigenvalue weighted by molar-refractivity contribution is -0.106. The Kier molecular flexibility index (Phi) is 4.18. The average Bonchev–Trinajstić information content (AvgIpc) is 2.84. The normalized spacial score (nSPS) is 21.4. The molecule has 1 aliphatic rings. The van der Waals surface area contributed by atoms with E-state index in [1.54, 1.807) is 0 Å². The molecule has 0 radical (unpaired) electrons. The quantitative estimate of drug-likeness (QED) is 0.413. The standard InChI is InChI=1S/C11H14ClN5O2/c12-17(6-19)10-4-9(15-11(13)16-10)14-8-2-1-7(3-8)5-18/h1-2,4,6-8,18H,3,5H2,(H3,13,14,15,16)/t7-,8+/m1/s1. The Morgan fingerprint density at radius 1 is 1.58 bits per heavy atom. The second-order valence-electron chi connectivity index (χ2n) is 4.20. The summed E-state index contributed by atoms with van der Waals surface area (Å²) in [5, 5.41) is 12.2. The molecule has 0 spiro atoms. The molecular weight excluding hydrogens is 270 g/mol. The molecule has 7 nitrogen and oxygen atoms in total. The van der Waals surface area contributed by atoms with Gasteiger partial charge in [-0.3, -0.25) is 4.79 Å². The number of nitrogens with zero attached hydrogens (tertiary/aromatic N) is 3. The van der Waals surface area contributed by atoms with Gasteiger partial charge in [-0.05, 0) is 6.42 Å². The largest absolute Gasteiger partial charge is 0.396 e. The number of hydrogen-bond acceptors (Lipinski definition) is 6. The minimum absolute atomic E-state index is 0.0215. The van der Waals surface area contributed by atoms with Crippen LogP contribution < -0.4 is 15.5 Å². The van der Waals surface area contributed by atoms with Gasteiger partial charge in [0.15, 0.2) is 5.82 Å². The van der Waals surface area contributed by atoms with Gasteiger partial charge in [-0.1, -0.05) is 12.2 Å². The average molecular weight is 284 g/mol. The van der Waals surface area contributed by atoms with Crippen LogP contribution in [0, 0.1) is 5.92 Å². The molecule has 1 aromatic rings. The predicted octanol–water partition coefficient (Wildman–Crippen LogP) is 0.524. The lowest BCUT2D eigenvalue weighted by atomic mass is 10.1. The highest BCUT2D eigenvalue weighted by atomic mass is 35.5. The Bertz CT molecular complexity index is 496. The van der Waals surface area contributed by atoms with Crippen LogP contribution in [-0.4, -0.2) is 34.1 Å². The van der Waals surface area contributed by atoms with Gasteiger partial charge in [-0.15, -0.1) is 0 Å². The molecule has 2 atom stereocenters. The molecule has 0 fully saturated rings. The first-order chi connectivity index (χ1) is 9.12. The van der Waals surface area contributed by atoms with Gasteiger partial charge in [-0.25, -0.2) is 4.42 Å². The first-order valence-electron chi connectivity index (χ1n) is 5.73. The van der Waals surface area contributed by atoms with Crippen molar-refractivity contribution >= 4 is 35.8 Å². The summed E-state index contributed by atoms with van der Waals surface area (Å²) in [6.45, 7) is 0.118. The fourth-order valence-electron chi connectivity index (χ4n) is 1.90. The maximum Gasteiger partial charge on any atom is 0.230 e. The summed E-state index contributed by atoms with van der Waals surface area (Å²) < 4.78 is 0.796. The molecule has 1 aromatic heterocycles. The van der Waals surface area contributed by atoms with E-state index in [1.807, 2.05) is 12.2 Å². The first kappa shape index (κ1) is 13.6. The molecule has 0 bridgehead atoms. The molecule has 0 aliphatic heterocycles. The van der Waals surface area contributed by atoms with Crippen molar-refractivity contribution in [3.8, 4) is 0 Å². The van der Waals surface area contributed by atoms with Gasteiger partial charge >= 0.3 is 0 Å². The number of rotatable bonds is 5. The number of amides is 1. The summed E-state index contributed by atoms with van der Waals surface area (Å²) in [6, 6.07) is 1.58. The van der Waals surface area contributed by atoms with E-state index in [4.69, 9.17) is 22.6 Å². The Balaban J connectivity index is 2.10. The van der Waals surface area contributed by atoms with Crippen LogP contribution in [-0.2, 0) is 4.79 Å². The van der Waals surface area contributed by atoms with Crippen molar-refractivity contribution in [1.29, 1.82) is 0 Å². The Morgan fingerprint density at radius 2 is 2.37 bits per heavy atom. The summed E-state index contributed by atoms with van der Waals surface area (Å²) in [4.78, 5) is 18.5. The van der Waals surface area contributed by atoms with Gasteiger partial charge in [0.05, 0.1) is 0 Å². The van der Waals surface area contributed by atoms with Crippen molar-refractivity contribution in [2.75, 3.05) is 22.1 Å². The molecular formula is C11H14ClN5O2. The maximum absolute atomic E-state index is 10.6. The number of hydrogen-bond donors (Lipinski definition) is 3. The van der Waals surface area contributed by atoms with Crippen LogP contribution in [0.5, 0.6) is 0 Å². The third-order valence-electron chi connectivity index (χ3n) is 2.78. The third kappa shape index (κ3) is 3.33. The molecule has 0 aromatic carbocycles. The highest BCUT2D eigenvalue weighted by Crippen LogP contribution is 2.23. The molecule has 1 amide bonds. The lowest BCUT2D eigenvalue weighted by Crippen LogP contribution is -2.19. The number of nitrogen functional groups attached to an aromatic ring is 1. The number of anilines is 3. The molecule has 8 heteroatoms. The van der Waals surface area contributed by atoms with Crippen molar-refractivity contribution in [1.82, 2.24) is 9.97 Å². The Morgan fingerprint density at radius 3 is 3.00 bits per heavy atom. The molecule has 102 valence electrons. The third-order valence-corrected chi connectivity index (χ3v) is 3.03. The summed E-state index contributed by atoms with van der Waals surface area (Å²) >= 11 is 5.64. The molecule has 1 aliphatic carbocycles. The van der Waals surface area contributed by atoms with Crippen LogP contribution in [0.2, 0.25) is 0 Å². The number of carbonyl (C=O) groups excluding carboxylic acids is 1. The van der Waals surface area contributed by atoms with Crippen LogP contribution in [0.1, 0.15) is 6.42 Å². The van der Waals surface area contributed by atoms with Gasteiger partial charge < -0.3 is 16.2 Å². The van der Waals surface area contributed by atoms with Gasteiger partial charge in [0.2, 0.25) is 12.4 Å². The van der Waals surface area contributed by atoms with Crippen LogP contribution in [0.4, 0.5) is 17.6 Å².